The Labute approximate surface area is 183 Å². The van der Waals surface area contributed by atoms with E-state index >= 15 is 0 Å². The van der Waals surface area contributed by atoms with Crippen molar-refractivity contribution >= 4 is 10.0 Å². The normalized spacial score (nSPS) is 17.7. The molecule has 1 fully saturated rings. The molecule has 0 unspecified atom stereocenters. The highest BCUT2D eigenvalue weighted by Crippen LogP contribution is 2.31. The highest BCUT2D eigenvalue weighted by atomic mass is 32.2. The minimum Gasteiger partial charge on any atom is -0.497 e. The van der Waals surface area contributed by atoms with Crippen LogP contribution in [0.25, 0.3) is 11.4 Å². The average Bonchev–Trinajstić information content (AvgIpc) is 3.30. The summed E-state index contributed by atoms with van der Waals surface area (Å²) in [5.74, 6) is 1.96. The zero-order chi connectivity index (χ0) is 22.0. The minimum atomic E-state index is -3.60. The zero-order valence-electron chi connectivity index (χ0n) is 18.0. The quantitative estimate of drug-likeness (QED) is 0.562. The largest absolute Gasteiger partial charge is 0.497 e. The second kappa shape index (κ2) is 8.80. The van der Waals surface area contributed by atoms with Crippen LogP contribution in [-0.4, -0.2) is 43.1 Å². The molecule has 0 spiro atoms. The third-order valence-electron chi connectivity index (χ3n) is 5.71. The van der Waals surface area contributed by atoms with Crippen LogP contribution in [0.5, 0.6) is 5.75 Å². The summed E-state index contributed by atoms with van der Waals surface area (Å²) in [5.41, 5.74) is 2.14. The van der Waals surface area contributed by atoms with Crippen LogP contribution >= 0.6 is 0 Å². The van der Waals surface area contributed by atoms with E-state index in [0.717, 1.165) is 18.4 Å². The van der Waals surface area contributed by atoms with Crippen LogP contribution in [0, 0.1) is 0 Å². The number of sulfonamides is 1. The van der Waals surface area contributed by atoms with Crippen LogP contribution in [0.1, 0.15) is 50.0 Å². The second-order valence-corrected chi connectivity index (χ2v) is 10.0. The van der Waals surface area contributed by atoms with E-state index in [9.17, 15) is 8.42 Å². The van der Waals surface area contributed by atoms with Crippen LogP contribution in [0.4, 0.5) is 0 Å². The summed E-state index contributed by atoms with van der Waals surface area (Å²) in [6.07, 6.45) is 1.55. The standard InChI is InChI=1S/C23H27N3O4S/c1-16(2)17-6-8-18(9-7-17)22-24-23(30-25-22)19-5-4-14-26(15-19)31(27,28)21-12-10-20(29-3)11-13-21/h6-13,16,19H,4-5,14-15H2,1-3H3/t19-/m1/s1. The van der Waals surface area contributed by atoms with E-state index in [1.54, 1.807) is 31.4 Å². The first-order valence-electron chi connectivity index (χ1n) is 10.5. The van der Waals surface area contributed by atoms with Crippen molar-refractivity contribution in [1.82, 2.24) is 14.4 Å². The molecule has 7 nitrogen and oxygen atoms in total. The van der Waals surface area contributed by atoms with E-state index in [1.165, 1.54) is 9.87 Å². The Morgan fingerprint density at radius 3 is 2.45 bits per heavy atom. The summed E-state index contributed by atoms with van der Waals surface area (Å²) in [4.78, 5) is 4.83. The Hall–Kier alpha value is -2.71. The molecule has 1 aromatic heterocycles. The minimum absolute atomic E-state index is 0.127. The predicted molar refractivity (Wildman–Crippen MR) is 118 cm³/mol. The van der Waals surface area contributed by atoms with E-state index in [2.05, 4.69) is 36.1 Å². The molecule has 1 aliphatic heterocycles. The maximum absolute atomic E-state index is 13.1. The van der Waals surface area contributed by atoms with Gasteiger partial charge in [0, 0.05) is 18.7 Å². The molecule has 2 aromatic carbocycles. The number of nitrogens with zero attached hydrogens (tertiary/aromatic N) is 3. The van der Waals surface area contributed by atoms with Crippen molar-refractivity contribution in [3.8, 4) is 17.1 Å². The van der Waals surface area contributed by atoms with Crippen molar-refractivity contribution in [2.24, 2.45) is 0 Å². The third-order valence-corrected chi connectivity index (χ3v) is 7.59. The Morgan fingerprint density at radius 2 is 1.81 bits per heavy atom. The fourth-order valence-electron chi connectivity index (χ4n) is 3.79. The molecule has 1 saturated heterocycles. The maximum Gasteiger partial charge on any atom is 0.243 e. The second-order valence-electron chi connectivity index (χ2n) is 8.11. The Kier molecular flexibility index (Phi) is 6.11. The number of aromatic nitrogens is 2. The first-order chi connectivity index (χ1) is 14.9. The summed E-state index contributed by atoms with van der Waals surface area (Å²) in [6, 6.07) is 14.6. The number of hydrogen-bond donors (Lipinski definition) is 0. The Balaban J connectivity index is 1.51. The molecule has 0 aliphatic carbocycles. The van der Waals surface area contributed by atoms with Crippen LogP contribution in [0.2, 0.25) is 0 Å². The van der Waals surface area contributed by atoms with Gasteiger partial charge >= 0.3 is 0 Å². The van der Waals surface area contributed by atoms with Crippen LogP contribution in [0.15, 0.2) is 57.9 Å². The highest BCUT2D eigenvalue weighted by molar-refractivity contribution is 7.89. The summed E-state index contributed by atoms with van der Waals surface area (Å²) in [5, 5.41) is 4.13. The van der Waals surface area contributed by atoms with E-state index in [0.29, 0.717) is 36.5 Å². The van der Waals surface area contributed by atoms with Crippen molar-refractivity contribution in [2.75, 3.05) is 20.2 Å². The summed E-state index contributed by atoms with van der Waals surface area (Å²) in [6.45, 7) is 5.09. The van der Waals surface area contributed by atoms with E-state index in [4.69, 9.17) is 9.26 Å². The molecule has 164 valence electrons. The molecule has 8 heteroatoms. The van der Waals surface area contributed by atoms with Gasteiger partial charge in [-0.2, -0.15) is 9.29 Å². The molecular formula is C23H27N3O4S. The molecule has 0 radical (unpaired) electrons. The topological polar surface area (TPSA) is 85.5 Å². The predicted octanol–water partition coefficient (Wildman–Crippen LogP) is 4.44. The highest BCUT2D eigenvalue weighted by Gasteiger charge is 2.33. The molecule has 0 saturated carbocycles. The molecular weight excluding hydrogens is 414 g/mol. The van der Waals surface area contributed by atoms with Gasteiger partial charge in [0.25, 0.3) is 0 Å². The molecule has 0 amide bonds. The van der Waals surface area contributed by atoms with Gasteiger partial charge in [0.15, 0.2) is 0 Å². The van der Waals surface area contributed by atoms with Crippen molar-refractivity contribution < 1.29 is 17.7 Å². The molecule has 31 heavy (non-hydrogen) atoms. The molecule has 4 rings (SSSR count). The van der Waals surface area contributed by atoms with Crippen LogP contribution < -0.4 is 4.74 Å². The van der Waals surface area contributed by atoms with Crippen molar-refractivity contribution in [2.45, 2.75) is 43.4 Å². The van der Waals surface area contributed by atoms with Gasteiger partial charge in [-0.05, 0) is 48.6 Å². The van der Waals surface area contributed by atoms with E-state index < -0.39 is 10.0 Å². The first-order valence-corrected chi connectivity index (χ1v) is 11.9. The first kappa shape index (κ1) is 21.5. The lowest BCUT2D eigenvalue weighted by Gasteiger charge is -2.30. The smallest absolute Gasteiger partial charge is 0.243 e. The number of rotatable bonds is 6. The van der Waals surface area contributed by atoms with Gasteiger partial charge < -0.3 is 9.26 Å². The van der Waals surface area contributed by atoms with Gasteiger partial charge in [-0.25, -0.2) is 8.42 Å². The van der Waals surface area contributed by atoms with Crippen molar-refractivity contribution in [3.63, 3.8) is 0 Å². The molecule has 3 aromatic rings. The van der Waals surface area contributed by atoms with E-state index in [-0.39, 0.29) is 10.8 Å². The number of piperidine rings is 1. The molecule has 1 aliphatic rings. The maximum atomic E-state index is 13.1. The summed E-state index contributed by atoms with van der Waals surface area (Å²) < 4.78 is 38.4. The van der Waals surface area contributed by atoms with Gasteiger partial charge in [0.05, 0.1) is 17.9 Å². The van der Waals surface area contributed by atoms with E-state index in [1.807, 2.05) is 12.1 Å². The van der Waals surface area contributed by atoms with Crippen LogP contribution in [-0.2, 0) is 10.0 Å². The van der Waals surface area contributed by atoms with Gasteiger partial charge in [-0.1, -0.05) is 43.3 Å². The lowest BCUT2D eigenvalue weighted by molar-refractivity contribution is 0.265. The number of hydrogen-bond acceptors (Lipinski definition) is 6. The Morgan fingerprint density at radius 1 is 1.10 bits per heavy atom. The van der Waals surface area contributed by atoms with Crippen LogP contribution in [0.3, 0.4) is 0 Å². The average molecular weight is 442 g/mol. The summed E-state index contributed by atoms with van der Waals surface area (Å²) in [7, 11) is -2.05. The SMILES string of the molecule is COc1ccc(S(=O)(=O)N2CCC[C@@H](c3nc(-c4ccc(C(C)C)cc4)no3)C2)cc1. The van der Waals surface area contributed by atoms with Gasteiger partial charge in [0.1, 0.15) is 5.75 Å². The Bertz CT molecular complexity index is 1120. The zero-order valence-corrected chi connectivity index (χ0v) is 18.8. The lowest BCUT2D eigenvalue weighted by atomic mass is 9.99. The fraction of sp³-hybridized carbons (Fsp3) is 0.391. The molecule has 2 heterocycles. The molecule has 0 bridgehead atoms. The van der Waals surface area contributed by atoms with Gasteiger partial charge in [0.2, 0.25) is 21.7 Å². The molecule has 1 atom stereocenters. The summed E-state index contributed by atoms with van der Waals surface area (Å²) >= 11 is 0. The number of ether oxygens (including phenoxy) is 1. The van der Waals surface area contributed by atoms with Gasteiger partial charge in [-0.15, -0.1) is 0 Å². The van der Waals surface area contributed by atoms with Crippen molar-refractivity contribution in [1.29, 1.82) is 0 Å². The number of benzene rings is 2. The fourth-order valence-corrected chi connectivity index (χ4v) is 5.32. The number of methoxy groups -OCH3 is 1. The van der Waals surface area contributed by atoms with Gasteiger partial charge in [-0.3, -0.25) is 0 Å². The third kappa shape index (κ3) is 4.50. The van der Waals surface area contributed by atoms with Crippen molar-refractivity contribution in [3.05, 3.63) is 60.0 Å². The monoisotopic (exact) mass is 441 g/mol. The molecule has 0 N–H and O–H groups in total. The lowest BCUT2D eigenvalue weighted by Crippen LogP contribution is -2.39.